The molecule has 1 unspecified atom stereocenters. The SMILES string of the molecule is O=S1(=O)CCC([Si]OC(F)(F)F)C1. The predicted molar refractivity (Wildman–Crippen MR) is 39.9 cm³/mol. The summed E-state index contributed by atoms with van der Waals surface area (Å²) < 4.78 is 59.8. The molecule has 1 rings (SSSR count). The van der Waals surface area contributed by atoms with E-state index >= 15 is 0 Å². The third-order valence-corrected chi connectivity index (χ3v) is 4.81. The van der Waals surface area contributed by atoms with Crippen LogP contribution in [-0.2, 0) is 14.3 Å². The van der Waals surface area contributed by atoms with Gasteiger partial charge in [0.05, 0.1) is 11.5 Å². The van der Waals surface area contributed by atoms with Crippen LogP contribution < -0.4 is 0 Å². The van der Waals surface area contributed by atoms with Crippen LogP contribution in [-0.4, -0.2) is 36.0 Å². The first-order valence-corrected chi connectivity index (χ1v) is 6.30. The Bertz CT molecular complexity index is 273. The van der Waals surface area contributed by atoms with Gasteiger partial charge >= 0.3 is 6.36 Å². The molecule has 1 aliphatic heterocycles. The van der Waals surface area contributed by atoms with Crippen LogP contribution in [0.2, 0.25) is 5.54 Å². The van der Waals surface area contributed by atoms with Gasteiger partial charge in [-0.15, -0.1) is 13.2 Å². The van der Waals surface area contributed by atoms with Crippen molar-refractivity contribution in [2.24, 2.45) is 0 Å². The minimum Gasteiger partial charge on any atom is -0.335 e. The second-order valence-corrected chi connectivity index (χ2v) is 6.25. The Hall–Kier alpha value is -0.0831. The Labute approximate surface area is 76.1 Å². The van der Waals surface area contributed by atoms with Crippen LogP contribution in [0.4, 0.5) is 13.2 Å². The fourth-order valence-corrected chi connectivity index (χ4v) is 4.43. The van der Waals surface area contributed by atoms with Gasteiger partial charge in [0, 0.05) is 0 Å². The average molecular weight is 232 g/mol. The summed E-state index contributed by atoms with van der Waals surface area (Å²) in [6, 6.07) is 0. The molecule has 1 heterocycles. The van der Waals surface area contributed by atoms with Crippen molar-refractivity contribution in [3.05, 3.63) is 0 Å². The second kappa shape index (κ2) is 3.58. The van der Waals surface area contributed by atoms with Crippen molar-refractivity contribution >= 4 is 19.6 Å². The lowest BCUT2D eigenvalue weighted by Crippen LogP contribution is -2.20. The van der Waals surface area contributed by atoms with E-state index in [1.165, 1.54) is 0 Å². The molecule has 0 aromatic carbocycles. The lowest BCUT2D eigenvalue weighted by Gasteiger charge is -2.08. The summed E-state index contributed by atoms with van der Waals surface area (Å²) in [5.74, 6) is -0.201. The van der Waals surface area contributed by atoms with E-state index in [2.05, 4.69) is 4.43 Å². The number of rotatable bonds is 2. The van der Waals surface area contributed by atoms with Gasteiger partial charge in [0.2, 0.25) is 9.76 Å². The molecular weight excluding hydrogens is 225 g/mol. The van der Waals surface area contributed by atoms with Crippen LogP contribution >= 0.6 is 0 Å². The van der Waals surface area contributed by atoms with Crippen LogP contribution in [0.5, 0.6) is 0 Å². The smallest absolute Gasteiger partial charge is 0.335 e. The summed E-state index contributed by atoms with van der Waals surface area (Å²) in [6.45, 7) is 0. The monoisotopic (exact) mass is 232 g/mol. The molecule has 1 saturated heterocycles. The lowest BCUT2D eigenvalue weighted by molar-refractivity contribution is -0.276. The fraction of sp³-hybridized carbons (Fsp3) is 1.00. The van der Waals surface area contributed by atoms with Crippen molar-refractivity contribution in [3.63, 3.8) is 0 Å². The first-order chi connectivity index (χ1) is 5.79. The summed E-state index contributed by atoms with van der Waals surface area (Å²) in [6.07, 6.45) is -4.37. The minimum absolute atomic E-state index is 0.0219. The van der Waals surface area contributed by atoms with Crippen molar-refractivity contribution in [2.75, 3.05) is 11.5 Å². The van der Waals surface area contributed by atoms with E-state index < -0.39 is 31.5 Å². The highest BCUT2D eigenvalue weighted by atomic mass is 32.2. The number of hydrogen-bond acceptors (Lipinski definition) is 3. The zero-order valence-corrected chi connectivity index (χ0v) is 8.28. The Morgan fingerprint density at radius 3 is 2.38 bits per heavy atom. The van der Waals surface area contributed by atoms with E-state index in [1.807, 2.05) is 0 Å². The molecule has 2 radical (unpaired) electrons. The number of halogens is 3. The van der Waals surface area contributed by atoms with Crippen molar-refractivity contribution in [3.8, 4) is 0 Å². The molecule has 3 nitrogen and oxygen atoms in total. The van der Waals surface area contributed by atoms with Gasteiger partial charge in [-0.2, -0.15) is 0 Å². The molecule has 0 bridgehead atoms. The van der Waals surface area contributed by atoms with Gasteiger partial charge in [0.1, 0.15) is 9.84 Å². The molecule has 8 heteroatoms. The summed E-state index contributed by atoms with van der Waals surface area (Å²) in [5.41, 5.74) is -0.480. The molecule has 0 N–H and O–H groups in total. The van der Waals surface area contributed by atoms with E-state index in [0.717, 1.165) is 0 Å². The maximum atomic E-state index is 11.5. The summed E-state index contributed by atoms with van der Waals surface area (Å²) in [5, 5.41) is 0. The maximum Gasteiger partial charge on any atom is 0.512 e. The molecule has 0 aliphatic carbocycles. The van der Waals surface area contributed by atoms with Gasteiger partial charge in [-0.25, -0.2) is 8.42 Å². The Morgan fingerprint density at radius 1 is 1.38 bits per heavy atom. The predicted octanol–water partition coefficient (Wildman–Crippen LogP) is 0.749. The van der Waals surface area contributed by atoms with Crippen LogP contribution in [0.15, 0.2) is 0 Å². The second-order valence-electron chi connectivity index (χ2n) is 2.77. The molecule has 0 saturated carbocycles. The van der Waals surface area contributed by atoms with Gasteiger partial charge < -0.3 is 4.43 Å². The fourth-order valence-electron chi connectivity index (χ4n) is 1.04. The van der Waals surface area contributed by atoms with Gasteiger partial charge in [-0.3, -0.25) is 0 Å². The molecule has 76 valence electrons. The molecule has 0 aromatic heterocycles. The quantitative estimate of drug-likeness (QED) is 0.660. The zero-order valence-electron chi connectivity index (χ0n) is 6.47. The highest BCUT2D eigenvalue weighted by molar-refractivity contribution is 7.91. The van der Waals surface area contributed by atoms with Crippen LogP contribution in [0.1, 0.15) is 6.42 Å². The summed E-state index contributed by atoms with van der Waals surface area (Å²) >= 11 is 0. The van der Waals surface area contributed by atoms with Crippen molar-refractivity contribution in [1.29, 1.82) is 0 Å². The van der Waals surface area contributed by atoms with Gasteiger partial charge in [-0.05, 0) is 12.0 Å². The molecule has 1 atom stereocenters. The largest absolute Gasteiger partial charge is 0.512 e. The number of hydrogen-bond donors (Lipinski definition) is 0. The van der Waals surface area contributed by atoms with Crippen molar-refractivity contribution in [2.45, 2.75) is 18.3 Å². The number of sulfone groups is 1. The van der Waals surface area contributed by atoms with Crippen LogP contribution in [0.25, 0.3) is 0 Å². The summed E-state index contributed by atoms with van der Waals surface area (Å²) in [4.78, 5) is 0. The Kier molecular flexibility index (Phi) is 3.03. The van der Waals surface area contributed by atoms with Gasteiger partial charge in [0.15, 0.2) is 0 Å². The van der Waals surface area contributed by atoms with E-state index in [9.17, 15) is 21.6 Å². The molecular formula is C5H7F3O3SSi. The lowest BCUT2D eigenvalue weighted by atomic mass is 10.4. The average Bonchev–Trinajstić information content (AvgIpc) is 2.24. The van der Waals surface area contributed by atoms with Gasteiger partial charge in [-0.1, -0.05) is 0 Å². The van der Waals surface area contributed by atoms with Crippen molar-refractivity contribution < 1.29 is 26.0 Å². The molecule has 0 aromatic rings. The Balaban J connectivity index is 2.34. The number of alkyl halides is 3. The molecule has 1 fully saturated rings. The van der Waals surface area contributed by atoms with Crippen LogP contribution in [0.3, 0.4) is 0 Å². The highest BCUT2D eigenvalue weighted by Crippen LogP contribution is 2.25. The first kappa shape index (κ1) is 11.0. The first-order valence-electron chi connectivity index (χ1n) is 3.49. The highest BCUT2D eigenvalue weighted by Gasteiger charge is 2.35. The molecule has 0 spiro atoms. The van der Waals surface area contributed by atoms with E-state index in [4.69, 9.17) is 0 Å². The van der Waals surface area contributed by atoms with Crippen LogP contribution in [0, 0.1) is 0 Å². The molecule has 0 amide bonds. The molecule has 13 heavy (non-hydrogen) atoms. The maximum absolute atomic E-state index is 11.5. The minimum atomic E-state index is -4.65. The Morgan fingerprint density at radius 2 is 2.00 bits per heavy atom. The van der Waals surface area contributed by atoms with E-state index in [0.29, 0.717) is 0 Å². The van der Waals surface area contributed by atoms with Gasteiger partial charge in [0.25, 0.3) is 0 Å². The third-order valence-electron chi connectivity index (χ3n) is 1.57. The summed E-state index contributed by atoms with van der Waals surface area (Å²) in [7, 11) is -3.90. The van der Waals surface area contributed by atoms with E-state index in [1.54, 1.807) is 0 Å². The molecule has 1 aliphatic rings. The topological polar surface area (TPSA) is 43.4 Å². The normalized spacial score (nSPS) is 27.8. The van der Waals surface area contributed by atoms with E-state index in [-0.39, 0.29) is 17.9 Å². The van der Waals surface area contributed by atoms with Crippen molar-refractivity contribution in [1.82, 2.24) is 0 Å². The standard InChI is InChI=1S/C5H7F3O3SSi/c6-5(7,8)11-13-4-1-2-12(9,10)3-4/h4H,1-3H2. The zero-order chi connectivity index (χ0) is 10.1. The third kappa shape index (κ3) is 4.10.